The van der Waals surface area contributed by atoms with Crippen LogP contribution in [0.5, 0.6) is 5.75 Å². The maximum Gasteiger partial charge on any atom is 0.243 e. The van der Waals surface area contributed by atoms with E-state index in [1.165, 1.54) is 29.6 Å². The normalized spacial score (nSPS) is 19.6. The molecule has 0 aromatic heterocycles. The lowest BCUT2D eigenvalue weighted by Gasteiger charge is -2.26. The summed E-state index contributed by atoms with van der Waals surface area (Å²) in [5.41, 5.74) is 5.98. The average molecular weight is 320 g/mol. The molecule has 0 unspecified atom stereocenters. The number of hydrogen-bond donors (Lipinski definition) is 1. The zero-order valence-electron chi connectivity index (χ0n) is 10.9. The van der Waals surface area contributed by atoms with Crippen molar-refractivity contribution >= 4 is 25.5 Å². The summed E-state index contributed by atoms with van der Waals surface area (Å²) in [5, 5.41) is 0. The predicted octanol–water partition coefficient (Wildman–Crippen LogP) is -0.303. The Morgan fingerprint density at radius 3 is 2.40 bits per heavy atom. The lowest BCUT2D eigenvalue weighted by atomic mass is 10.3. The van der Waals surface area contributed by atoms with Gasteiger partial charge in [-0.25, -0.2) is 16.8 Å². The second-order valence-corrected chi connectivity index (χ2v) is 8.70. The van der Waals surface area contributed by atoms with Crippen LogP contribution in [-0.2, 0) is 19.9 Å². The van der Waals surface area contributed by atoms with Crippen molar-refractivity contribution in [3.05, 3.63) is 18.2 Å². The van der Waals surface area contributed by atoms with Crippen LogP contribution in [0.25, 0.3) is 0 Å². The van der Waals surface area contributed by atoms with Crippen LogP contribution < -0.4 is 10.5 Å². The Morgan fingerprint density at radius 2 is 1.85 bits per heavy atom. The van der Waals surface area contributed by atoms with Crippen molar-refractivity contribution in [2.75, 3.05) is 37.4 Å². The Balaban J connectivity index is 2.32. The van der Waals surface area contributed by atoms with Crippen molar-refractivity contribution in [2.24, 2.45) is 0 Å². The average Bonchev–Trinajstić information content (AvgIpc) is 2.38. The number of methoxy groups -OCH3 is 1. The van der Waals surface area contributed by atoms with E-state index in [-0.39, 0.29) is 35.2 Å². The number of sulfone groups is 1. The third-order valence-corrected chi connectivity index (χ3v) is 6.65. The fraction of sp³-hybridized carbons (Fsp3) is 0.455. The van der Waals surface area contributed by atoms with Crippen LogP contribution in [0.3, 0.4) is 0 Å². The summed E-state index contributed by atoms with van der Waals surface area (Å²) in [5.74, 6) is -0.0351. The molecular weight excluding hydrogens is 304 g/mol. The molecule has 112 valence electrons. The fourth-order valence-corrected chi connectivity index (χ4v) is 4.83. The van der Waals surface area contributed by atoms with Gasteiger partial charge in [0.15, 0.2) is 9.84 Å². The van der Waals surface area contributed by atoms with E-state index in [1.807, 2.05) is 0 Å². The number of nitrogens with zero attached hydrogens (tertiary/aromatic N) is 1. The highest BCUT2D eigenvalue weighted by Crippen LogP contribution is 2.27. The number of benzene rings is 1. The predicted molar refractivity (Wildman–Crippen MR) is 74.8 cm³/mol. The van der Waals surface area contributed by atoms with E-state index in [0.29, 0.717) is 5.69 Å². The van der Waals surface area contributed by atoms with Crippen LogP contribution in [0.15, 0.2) is 23.1 Å². The van der Waals surface area contributed by atoms with Crippen LogP contribution in [0.2, 0.25) is 0 Å². The number of ether oxygens (including phenoxy) is 1. The highest BCUT2D eigenvalue weighted by molar-refractivity contribution is 7.92. The highest BCUT2D eigenvalue weighted by Gasteiger charge is 2.31. The van der Waals surface area contributed by atoms with Gasteiger partial charge in [-0.05, 0) is 12.1 Å². The number of nitrogen functional groups attached to an aromatic ring is 1. The van der Waals surface area contributed by atoms with Gasteiger partial charge in [0.2, 0.25) is 10.0 Å². The van der Waals surface area contributed by atoms with E-state index >= 15 is 0 Å². The maximum absolute atomic E-state index is 12.4. The number of hydrogen-bond acceptors (Lipinski definition) is 6. The molecule has 20 heavy (non-hydrogen) atoms. The number of sulfonamides is 1. The molecule has 1 aromatic rings. The molecule has 1 aliphatic rings. The van der Waals surface area contributed by atoms with Gasteiger partial charge in [0.1, 0.15) is 5.75 Å². The molecule has 1 aromatic carbocycles. The molecule has 0 bridgehead atoms. The molecule has 0 atom stereocenters. The summed E-state index contributed by atoms with van der Waals surface area (Å²) in [6.07, 6.45) is 0. The Kier molecular flexibility index (Phi) is 3.94. The second kappa shape index (κ2) is 5.23. The summed E-state index contributed by atoms with van der Waals surface area (Å²) in [6.45, 7) is -0.0608. The van der Waals surface area contributed by atoms with Crippen molar-refractivity contribution in [1.29, 1.82) is 0 Å². The first-order valence-electron chi connectivity index (χ1n) is 5.90. The van der Waals surface area contributed by atoms with E-state index in [2.05, 4.69) is 0 Å². The van der Waals surface area contributed by atoms with Crippen molar-refractivity contribution < 1.29 is 21.6 Å². The minimum atomic E-state index is -3.73. The molecule has 0 saturated carbocycles. The quantitative estimate of drug-likeness (QED) is 0.766. The minimum absolute atomic E-state index is 0.0304. The first-order chi connectivity index (χ1) is 9.26. The van der Waals surface area contributed by atoms with Crippen LogP contribution >= 0.6 is 0 Å². The third kappa shape index (κ3) is 2.89. The van der Waals surface area contributed by atoms with Crippen molar-refractivity contribution in [1.82, 2.24) is 4.31 Å². The molecule has 2 rings (SSSR count). The lowest BCUT2D eigenvalue weighted by Crippen LogP contribution is -2.43. The van der Waals surface area contributed by atoms with E-state index < -0.39 is 19.9 Å². The molecule has 7 nitrogen and oxygen atoms in total. The Hall–Kier alpha value is -1.32. The minimum Gasteiger partial charge on any atom is -0.495 e. The Bertz CT molecular complexity index is 698. The summed E-state index contributed by atoms with van der Waals surface area (Å²) >= 11 is 0. The molecule has 1 aliphatic heterocycles. The van der Waals surface area contributed by atoms with Gasteiger partial charge in [0.05, 0.1) is 29.2 Å². The van der Waals surface area contributed by atoms with Crippen LogP contribution in [-0.4, -0.2) is 52.8 Å². The monoisotopic (exact) mass is 320 g/mol. The smallest absolute Gasteiger partial charge is 0.243 e. The molecule has 0 aliphatic carbocycles. The van der Waals surface area contributed by atoms with Gasteiger partial charge in [-0.3, -0.25) is 0 Å². The Labute approximate surface area is 118 Å². The van der Waals surface area contributed by atoms with E-state index in [1.54, 1.807) is 0 Å². The van der Waals surface area contributed by atoms with Crippen LogP contribution in [0, 0.1) is 0 Å². The van der Waals surface area contributed by atoms with E-state index in [4.69, 9.17) is 10.5 Å². The molecule has 0 spiro atoms. The van der Waals surface area contributed by atoms with Gasteiger partial charge in [-0.2, -0.15) is 4.31 Å². The van der Waals surface area contributed by atoms with Gasteiger partial charge >= 0.3 is 0 Å². The largest absolute Gasteiger partial charge is 0.495 e. The molecule has 0 amide bonds. The molecule has 1 saturated heterocycles. The van der Waals surface area contributed by atoms with E-state index in [9.17, 15) is 16.8 Å². The van der Waals surface area contributed by atoms with Gasteiger partial charge in [0.25, 0.3) is 0 Å². The highest BCUT2D eigenvalue weighted by atomic mass is 32.2. The topological polar surface area (TPSA) is 107 Å². The first kappa shape index (κ1) is 15.1. The van der Waals surface area contributed by atoms with Gasteiger partial charge in [-0.15, -0.1) is 0 Å². The molecular formula is C11H16N2O5S2. The molecule has 9 heteroatoms. The number of nitrogens with two attached hydrogens (primary N) is 1. The van der Waals surface area contributed by atoms with Gasteiger partial charge in [-0.1, -0.05) is 0 Å². The summed E-state index contributed by atoms with van der Waals surface area (Å²) in [7, 11) is -5.46. The molecule has 1 fully saturated rings. The number of anilines is 1. The van der Waals surface area contributed by atoms with Crippen LogP contribution in [0.4, 0.5) is 5.69 Å². The van der Waals surface area contributed by atoms with Gasteiger partial charge in [0, 0.05) is 19.2 Å². The summed E-state index contributed by atoms with van der Waals surface area (Å²) in [6, 6.07) is 4.18. The fourth-order valence-electron chi connectivity index (χ4n) is 1.94. The number of rotatable bonds is 3. The maximum atomic E-state index is 12.4. The van der Waals surface area contributed by atoms with Crippen molar-refractivity contribution in [3.63, 3.8) is 0 Å². The molecule has 2 N–H and O–H groups in total. The van der Waals surface area contributed by atoms with Gasteiger partial charge < -0.3 is 10.5 Å². The summed E-state index contributed by atoms with van der Waals surface area (Å²) in [4.78, 5) is 0.0443. The van der Waals surface area contributed by atoms with Crippen molar-refractivity contribution in [3.8, 4) is 5.75 Å². The Morgan fingerprint density at radius 1 is 1.25 bits per heavy atom. The zero-order valence-corrected chi connectivity index (χ0v) is 12.6. The first-order valence-corrected chi connectivity index (χ1v) is 9.16. The third-order valence-electron chi connectivity index (χ3n) is 3.15. The SMILES string of the molecule is COc1cc(S(=O)(=O)N2CCS(=O)(=O)CC2)ccc1N. The summed E-state index contributed by atoms with van der Waals surface area (Å²) < 4.78 is 53.7. The van der Waals surface area contributed by atoms with E-state index in [0.717, 1.165) is 0 Å². The van der Waals surface area contributed by atoms with Crippen LogP contribution in [0.1, 0.15) is 0 Å². The standard InChI is InChI=1S/C11H16N2O5S2/c1-18-11-8-9(2-3-10(11)12)20(16,17)13-4-6-19(14,15)7-5-13/h2-3,8H,4-7,12H2,1H3. The lowest BCUT2D eigenvalue weighted by molar-refractivity contribution is 0.413. The van der Waals surface area contributed by atoms with Crippen molar-refractivity contribution in [2.45, 2.75) is 4.90 Å². The second-order valence-electron chi connectivity index (χ2n) is 4.46. The zero-order chi connectivity index (χ0) is 15.0. The molecule has 1 heterocycles. The molecule has 0 radical (unpaired) electrons.